The second-order valence-corrected chi connectivity index (χ2v) is 9.03. The molecule has 0 saturated carbocycles. The van der Waals surface area contributed by atoms with Crippen molar-refractivity contribution in [3.63, 3.8) is 0 Å². The summed E-state index contributed by atoms with van der Waals surface area (Å²) in [5.41, 5.74) is 3.09. The molecule has 35 heavy (non-hydrogen) atoms. The molecule has 1 atom stereocenters. The molecule has 0 bridgehead atoms. The number of carbonyl (C=O) groups excluding carboxylic acids is 1. The van der Waals surface area contributed by atoms with Gasteiger partial charge in [0.25, 0.3) is 5.91 Å². The van der Waals surface area contributed by atoms with Gasteiger partial charge in [0.15, 0.2) is 17.0 Å². The Hall–Kier alpha value is -3.65. The number of carbonyl (C=O) groups is 1. The van der Waals surface area contributed by atoms with E-state index in [1.54, 1.807) is 25.3 Å². The zero-order valence-corrected chi connectivity index (χ0v) is 20.6. The highest BCUT2D eigenvalue weighted by Crippen LogP contribution is 2.35. The van der Waals surface area contributed by atoms with Crippen molar-refractivity contribution in [2.75, 3.05) is 19.0 Å². The van der Waals surface area contributed by atoms with Gasteiger partial charge in [0.2, 0.25) is 0 Å². The number of nitrogens with one attached hydrogen (secondary N) is 2. The molecule has 1 aliphatic rings. The Morgan fingerprint density at radius 2 is 1.89 bits per heavy atom. The van der Waals surface area contributed by atoms with Crippen LogP contribution in [0.3, 0.4) is 0 Å². The number of benzene rings is 3. The van der Waals surface area contributed by atoms with Gasteiger partial charge in [-0.15, -0.1) is 0 Å². The first kappa shape index (κ1) is 24.5. The minimum absolute atomic E-state index is 0.163. The normalized spacial score (nSPS) is 16.2. The average Bonchev–Trinajstić information content (AvgIpc) is 3.17. The van der Waals surface area contributed by atoms with Gasteiger partial charge in [0, 0.05) is 0 Å². The maximum absolute atomic E-state index is 13.4. The number of aryl methyl sites for hydroxylation is 1. The third kappa shape index (κ3) is 6.27. The molecule has 0 aromatic heterocycles. The first-order valence-electron chi connectivity index (χ1n) is 11.2. The summed E-state index contributed by atoms with van der Waals surface area (Å²) in [5.74, 6) is 1.34. The predicted octanol–water partition coefficient (Wildman–Crippen LogP) is 5.72. The monoisotopic (exact) mass is 494 g/mol. The second-order valence-electron chi connectivity index (χ2n) is 7.89. The molecule has 1 heterocycles. The molecule has 1 unspecified atom stereocenters. The van der Waals surface area contributed by atoms with Crippen LogP contribution in [0.4, 0.5) is 10.1 Å². The van der Waals surface area contributed by atoms with Crippen LogP contribution >= 0.6 is 11.8 Å². The van der Waals surface area contributed by atoms with E-state index in [1.807, 2.05) is 50.3 Å². The number of anilines is 1. The van der Waals surface area contributed by atoms with Crippen molar-refractivity contribution in [2.24, 2.45) is 0 Å². The van der Waals surface area contributed by atoms with Gasteiger partial charge < -0.3 is 24.8 Å². The molecule has 8 heteroatoms. The lowest BCUT2D eigenvalue weighted by Gasteiger charge is -2.16. The van der Waals surface area contributed by atoms with Gasteiger partial charge in [-0.25, -0.2) is 4.39 Å². The molecule has 0 radical (unpaired) electrons. The number of ether oxygens (including phenoxy) is 3. The summed E-state index contributed by atoms with van der Waals surface area (Å²) in [6, 6.07) is 17.6. The maximum Gasteiger partial charge on any atom is 0.260 e. The third-order valence-electron chi connectivity index (χ3n) is 5.22. The van der Waals surface area contributed by atoms with Crippen molar-refractivity contribution in [2.45, 2.75) is 26.0 Å². The van der Waals surface area contributed by atoms with E-state index < -0.39 is 0 Å². The van der Waals surface area contributed by atoms with Crippen molar-refractivity contribution < 1.29 is 23.4 Å². The Balaban J connectivity index is 1.48. The van der Waals surface area contributed by atoms with E-state index in [-0.39, 0.29) is 23.8 Å². The molecule has 1 fully saturated rings. The number of methoxy groups -OCH3 is 1. The van der Waals surface area contributed by atoms with Gasteiger partial charge in [-0.3, -0.25) is 4.79 Å². The van der Waals surface area contributed by atoms with Crippen LogP contribution in [-0.2, 0) is 11.4 Å². The Morgan fingerprint density at radius 3 is 2.66 bits per heavy atom. The van der Waals surface area contributed by atoms with Gasteiger partial charge in [-0.2, -0.15) is 0 Å². The first-order chi connectivity index (χ1) is 16.9. The molecular formula is C27H27FN2O4S. The molecule has 1 amide bonds. The van der Waals surface area contributed by atoms with Crippen LogP contribution < -0.4 is 24.8 Å². The lowest BCUT2D eigenvalue weighted by atomic mass is 10.2. The molecule has 0 aliphatic carbocycles. The van der Waals surface area contributed by atoms with Crippen LogP contribution in [0.15, 0.2) is 65.6 Å². The summed E-state index contributed by atoms with van der Waals surface area (Å²) in [5, 5.41) is 6.26. The Kier molecular flexibility index (Phi) is 7.82. The quantitative estimate of drug-likeness (QED) is 0.371. The lowest BCUT2D eigenvalue weighted by molar-refractivity contribution is -0.116. The van der Waals surface area contributed by atoms with Crippen LogP contribution in [0.1, 0.15) is 23.6 Å². The van der Waals surface area contributed by atoms with Crippen LogP contribution in [0.5, 0.6) is 17.2 Å². The molecule has 4 rings (SSSR count). The van der Waals surface area contributed by atoms with Crippen molar-refractivity contribution in [1.29, 1.82) is 0 Å². The fraction of sp³-hybridized carbons (Fsp3) is 0.222. The van der Waals surface area contributed by atoms with Crippen molar-refractivity contribution in [3.8, 4) is 17.2 Å². The summed E-state index contributed by atoms with van der Waals surface area (Å²) < 4.78 is 30.5. The lowest BCUT2D eigenvalue weighted by Crippen LogP contribution is -2.31. The van der Waals surface area contributed by atoms with E-state index in [2.05, 4.69) is 10.6 Å². The zero-order valence-electron chi connectivity index (χ0n) is 19.8. The summed E-state index contributed by atoms with van der Waals surface area (Å²) in [4.78, 5) is 13.2. The SMILES string of the molecule is CCOc1cc(/C=C2\SC(Nc3cc(C)ccc3OC)NC2=O)ccc1OCc1cccc(F)c1. The average molecular weight is 495 g/mol. The highest BCUT2D eigenvalue weighted by molar-refractivity contribution is 8.05. The van der Waals surface area contributed by atoms with E-state index in [9.17, 15) is 9.18 Å². The van der Waals surface area contributed by atoms with E-state index in [1.165, 1.54) is 23.9 Å². The van der Waals surface area contributed by atoms with Crippen LogP contribution in [0, 0.1) is 12.7 Å². The van der Waals surface area contributed by atoms with E-state index in [0.29, 0.717) is 28.8 Å². The van der Waals surface area contributed by atoms with Crippen molar-refractivity contribution >= 4 is 29.4 Å². The minimum Gasteiger partial charge on any atom is -0.495 e. The van der Waals surface area contributed by atoms with E-state index in [0.717, 1.165) is 22.4 Å². The number of thioether (sulfide) groups is 1. The Bertz CT molecular complexity index is 1250. The molecule has 0 spiro atoms. The largest absolute Gasteiger partial charge is 0.495 e. The molecule has 3 aromatic rings. The third-order valence-corrected chi connectivity index (χ3v) is 6.25. The van der Waals surface area contributed by atoms with Crippen LogP contribution in [0.25, 0.3) is 6.08 Å². The number of rotatable bonds is 9. The van der Waals surface area contributed by atoms with Gasteiger partial charge in [0.05, 0.1) is 24.3 Å². The van der Waals surface area contributed by atoms with Gasteiger partial charge in [-0.1, -0.05) is 36.0 Å². The number of hydrogen-bond acceptors (Lipinski definition) is 6. The standard InChI is InChI=1S/C27H27FN2O4S/c1-4-33-24-14-18(9-11-23(24)34-16-19-6-5-7-20(28)13-19)15-25-26(31)30-27(35-25)29-21-12-17(2)8-10-22(21)32-3/h5-15,27,29H,4,16H2,1-3H3,(H,30,31)/b25-15-. The molecular weight excluding hydrogens is 467 g/mol. The minimum atomic E-state index is -0.329. The molecule has 6 nitrogen and oxygen atoms in total. The second kappa shape index (κ2) is 11.2. The number of hydrogen-bond donors (Lipinski definition) is 2. The highest BCUT2D eigenvalue weighted by atomic mass is 32.2. The van der Waals surface area contributed by atoms with Crippen molar-refractivity contribution in [1.82, 2.24) is 5.32 Å². The number of halogens is 1. The van der Waals surface area contributed by atoms with Crippen LogP contribution in [-0.4, -0.2) is 25.1 Å². The van der Waals surface area contributed by atoms with Gasteiger partial charge in [0.1, 0.15) is 18.2 Å². The molecule has 1 aliphatic heterocycles. The smallest absolute Gasteiger partial charge is 0.260 e. The van der Waals surface area contributed by atoms with Gasteiger partial charge in [-0.05, 0) is 73.0 Å². The fourth-order valence-corrected chi connectivity index (χ4v) is 4.56. The predicted molar refractivity (Wildman–Crippen MR) is 137 cm³/mol. The Morgan fingerprint density at radius 1 is 1.06 bits per heavy atom. The van der Waals surface area contributed by atoms with E-state index in [4.69, 9.17) is 14.2 Å². The highest BCUT2D eigenvalue weighted by Gasteiger charge is 2.28. The molecule has 1 saturated heterocycles. The van der Waals surface area contributed by atoms with Crippen molar-refractivity contribution in [3.05, 3.63) is 88.1 Å². The van der Waals surface area contributed by atoms with Crippen LogP contribution in [0.2, 0.25) is 0 Å². The molecule has 3 aromatic carbocycles. The summed E-state index contributed by atoms with van der Waals surface area (Å²) in [7, 11) is 1.61. The summed E-state index contributed by atoms with van der Waals surface area (Å²) in [6.07, 6.45) is 1.81. The zero-order chi connectivity index (χ0) is 24.8. The maximum atomic E-state index is 13.4. The number of amides is 1. The first-order valence-corrected chi connectivity index (χ1v) is 12.1. The summed E-state index contributed by atoms with van der Waals surface area (Å²) >= 11 is 1.39. The topological polar surface area (TPSA) is 68.8 Å². The molecule has 2 N–H and O–H groups in total. The summed E-state index contributed by atoms with van der Waals surface area (Å²) in [6.45, 7) is 4.55. The molecule has 182 valence electrons. The fourth-order valence-electron chi connectivity index (χ4n) is 3.58. The van der Waals surface area contributed by atoms with E-state index >= 15 is 0 Å². The van der Waals surface area contributed by atoms with Gasteiger partial charge >= 0.3 is 0 Å². The Labute approximate surface area is 208 Å².